The van der Waals surface area contributed by atoms with Gasteiger partial charge in [0.25, 0.3) is 0 Å². The highest BCUT2D eigenvalue weighted by Crippen LogP contribution is 2.50. The first-order chi connectivity index (χ1) is 4.42. The fourth-order valence-corrected chi connectivity index (χ4v) is 0.566. The molecule has 0 radical (unpaired) electrons. The molecule has 0 aromatic carbocycles. The average Bonchev–Trinajstić information content (AvgIpc) is 1.59. The van der Waals surface area contributed by atoms with Gasteiger partial charge in [-0.2, -0.15) is 0 Å². The maximum Gasteiger partial charge on any atom is 0.551 e. The molecule has 0 aliphatic carbocycles. The smallest absolute Gasteiger partial charge is 0.280 e. The highest BCUT2D eigenvalue weighted by molar-refractivity contribution is 7.47. The Bertz CT molecular complexity index is 132. The van der Waals surface area contributed by atoms with E-state index in [9.17, 15) is 21.7 Å². The topological polar surface area (TPSA) is 26.3 Å². The van der Waals surface area contributed by atoms with Crippen molar-refractivity contribution in [3.8, 4) is 0 Å². The number of hydrogen-bond donors (Lipinski definition) is 0. The van der Waals surface area contributed by atoms with Gasteiger partial charge in [0.2, 0.25) is 6.43 Å². The number of alkyl halides is 2. The average molecular weight is 180 g/mol. The van der Waals surface area contributed by atoms with E-state index < -0.39 is 27.4 Å². The lowest BCUT2D eigenvalue weighted by Crippen LogP contribution is -1.96. The Hall–Kier alpha value is -0.0900. The number of rotatable bonds is 4. The zero-order chi connectivity index (χ0) is 8.20. The first-order valence-corrected chi connectivity index (χ1v) is 3.74. The molecular weight excluding hydrogens is 175 g/mol. The summed E-state index contributed by atoms with van der Waals surface area (Å²) in [5, 5.41) is 0. The van der Waals surface area contributed by atoms with Gasteiger partial charge in [0.15, 0.2) is 0 Å². The second kappa shape index (κ2) is 3.93. The van der Waals surface area contributed by atoms with Crippen LogP contribution in [0.5, 0.6) is 0 Å². The van der Waals surface area contributed by atoms with E-state index >= 15 is 0 Å². The molecule has 0 spiro atoms. The molecule has 62 valence electrons. The molecule has 0 aliphatic rings. The van der Waals surface area contributed by atoms with Crippen molar-refractivity contribution in [1.82, 2.24) is 0 Å². The molecule has 0 aromatic heterocycles. The van der Waals surface area contributed by atoms with Gasteiger partial charge >= 0.3 is 7.99 Å². The van der Waals surface area contributed by atoms with Crippen LogP contribution in [-0.4, -0.2) is 13.0 Å². The maximum absolute atomic E-state index is 11.3. The molecule has 0 fully saturated rings. The lowest BCUT2D eigenvalue weighted by atomic mass is 10.5. The molecule has 0 unspecified atom stereocenters. The van der Waals surface area contributed by atoms with E-state index in [-0.39, 0.29) is 0 Å². The van der Waals surface area contributed by atoms with Gasteiger partial charge in [0.05, 0.1) is 6.61 Å². The zero-order valence-corrected chi connectivity index (χ0v) is 5.66. The molecule has 0 atom stereocenters. The predicted octanol–water partition coefficient (Wildman–Crippen LogP) is 2.71. The van der Waals surface area contributed by atoms with E-state index in [4.69, 9.17) is 0 Å². The number of hydrogen-bond acceptors (Lipinski definition) is 2. The molecule has 7 heteroatoms. The third-order valence-electron chi connectivity index (χ3n) is 0.578. The molecule has 2 nitrogen and oxygen atoms in total. The summed E-state index contributed by atoms with van der Waals surface area (Å²) in [5.41, 5.74) is 0. The summed E-state index contributed by atoms with van der Waals surface area (Å²) in [5.74, 6) is 0. The summed E-state index contributed by atoms with van der Waals surface area (Å²) < 4.78 is 57.6. The highest BCUT2D eigenvalue weighted by Gasteiger charge is 2.20. The maximum atomic E-state index is 11.3. The molecule has 0 saturated heterocycles. The molecule has 0 N–H and O–H groups in total. The molecule has 0 bridgehead atoms. The summed E-state index contributed by atoms with van der Waals surface area (Å²) in [7, 11) is -5.56. The van der Waals surface area contributed by atoms with Crippen LogP contribution >= 0.6 is 7.99 Å². The SMILES string of the molecule is O=P(F)(F)OCCC(F)F. The van der Waals surface area contributed by atoms with Gasteiger partial charge in [-0.15, -0.1) is 8.39 Å². The summed E-state index contributed by atoms with van der Waals surface area (Å²) in [4.78, 5) is 0. The van der Waals surface area contributed by atoms with Crippen LogP contribution in [0.3, 0.4) is 0 Å². The minimum Gasteiger partial charge on any atom is -0.280 e. The van der Waals surface area contributed by atoms with Crippen molar-refractivity contribution < 1.29 is 26.3 Å². The van der Waals surface area contributed by atoms with E-state index in [1.165, 1.54) is 0 Å². The molecule has 0 aliphatic heterocycles. The molecule has 0 amide bonds. The normalized spacial score (nSPS) is 12.5. The second-order valence-electron chi connectivity index (χ2n) is 1.43. The molecule has 0 saturated carbocycles. The van der Waals surface area contributed by atoms with E-state index in [2.05, 4.69) is 4.52 Å². The van der Waals surface area contributed by atoms with Crippen LogP contribution in [0.4, 0.5) is 17.2 Å². The largest absolute Gasteiger partial charge is 0.551 e. The van der Waals surface area contributed by atoms with Gasteiger partial charge in [-0.25, -0.2) is 13.3 Å². The summed E-state index contributed by atoms with van der Waals surface area (Å²) in [6, 6.07) is 0. The van der Waals surface area contributed by atoms with Crippen LogP contribution in [0.25, 0.3) is 0 Å². The van der Waals surface area contributed by atoms with Gasteiger partial charge in [0.1, 0.15) is 0 Å². The van der Waals surface area contributed by atoms with Crippen molar-refractivity contribution in [2.75, 3.05) is 6.61 Å². The van der Waals surface area contributed by atoms with Crippen molar-refractivity contribution in [1.29, 1.82) is 0 Å². The van der Waals surface area contributed by atoms with Crippen molar-refractivity contribution in [3.05, 3.63) is 0 Å². The van der Waals surface area contributed by atoms with Crippen LogP contribution < -0.4 is 0 Å². The first-order valence-electron chi connectivity index (χ1n) is 2.34. The van der Waals surface area contributed by atoms with E-state index in [0.29, 0.717) is 0 Å². The molecule has 0 aromatic rings. The molecule has 0 rings (SSSR count). The predicted molar refractivity (Wildman–Crippen MR) is 26.4 cm³/mol. The Morgan fingerprint density at radius 2 is 1.90 bits per heavy atom. The highest BCUT2D eigenvalue weighted by atomic mass is 31.2. The molecule has 10 heavy (non-hydrogen) atoms. The molecule has 0 heterocycles. The van der Waals surface area contributed by atoms with Crippen LogP contribution in [0.2, 0.25) is 0 Å². The third kappa shape index (κ3) is 7.91. The van der Waals surface area contributed by atoms with Crippen molar-refractivity contribution in [2.24, 2.45) is 0 Å². The standard InChI is InChI=1S/C3H5F4O2P/c4-3(5)1-2-9-10(6,7)8/h3H,1-2H2. The van der Waals surface area contributed by atoms with Gasteiger partial charge < -0.3 is 0 Å². The van der Waals surface area contributed by atoms with Gasteiger partial charge in [-0.05, 0) is 0 Å². The minimum atomic E-state index is -5.56. The van der Waals surface area contributed by atoms with E-state index in [0.717, 1.165) is 0 Å². The van der Waals surface area contributed by atoms with Gasteiger partial charge in [0, 0.05) is 6.42 Å². The minimum absolute atomic E-state index is 0.822. The Balaban J connectivity index is 3.30. The molecular formula is C3H5F4O2P. The monoisotopic (exact) mass is 180 g/mol. The zero-order valence-electron chi connectivity index (χ0n) is 4.77. The second-order valence-corrected chi connectivity index (χ2v) is 2.51. The van der Waals surface area contributed by atoms with Gasteiger partial charge in [-0.1, -0.05) is 0 Å². The lowest BCUT2D eigenvalue weighted by Gasteiger charge is -1.99. The quantitative estimate of drug-likeness (QED) is 0.491. The van der Waals surface area contributed by atoms with Crippen LogP contribution in [0, 0.1) is 0 Å². The first kappa shape index (κ1) is 9.91. The fraction of sp³-hybridized carbons (Fsp3) is 1.00. The Labute approximate surface area is 54.9 Å². The van der Waals surface area contributed by atoms with Crippen molar-refractivity contribution >= 4 is 7.99 Å². The Kier molecular flexibility index (Phi) is 3.89. The van der Waals surface area contributed by atoms with Crippen molar-refractivity contribution in [3.63, 3.8) is 0 Å². The van der Waals surface area contributed by atoms with Gasteiger partial charge in [-0.3, -0.25) is 4.52 Å². The van der Waals surface area contributed by atoms with Crippen molar-refractivity contribution in [2.45, 2.75) is 12.8 Å². The van der Waals surface area contributed by atoms with E-state index in [1.54, 1.807) is 0 Å². The summed E-state index contributed by atoms with van der Waals surface area (Å²) in [6.07, 6.45) is -3.52. The third-order valence-corrected chi connectivity index (χ3v) is 1.06. The van der Waals surface area contributed by atoms with Crippen LogP contribution in [0.1, 0.15) is 6.42 Å². The number of halogens is 4. The fourth-order valence-electron chi connectivity index (χ4n) is 0.248. The summed E-state index contributed by atoms with van der Waals surface area (Å²) in [6.45, 7) is -0.873. The van der Waals surface area contributed by atoms with Crippen LogP contribution in [0.15, 0.2) is 0 Å². The Morgan fingerprint density at radius 3 is 2.20 bits per heavy atom. The van der Waals surface area contributed by atoms with E-state index in [1.807, 2.05) is 0 Å². The van der Waals surface area contributed by atoms with Crippen LogP contribution in [-0.2, 0) is 9.09 Å². The Morgan fingerprint density at radius 1 is 1.40 bits per heavy atom. The summed E-state index contributed by atoms with van der Waals surface area (Å²) >= 11 is 0. The lowest BCUT2D eigenvalue weighted by molar-refractivity contribution is 0.110.